The molecule has 0 atom stereocenters. The summed E-state index contributed by atoms with van der Waals surface area (Å²) in [6, 6.07) is 1.89. The van der Waals surface area contributed by atoms with E-state index in [1.165, 1.54) is 4.88 Å². The Labute approximate surface area is 77.0 Å². The fraction of sp³-hybridized carbons (Fsp3) is 0.500. The lowest BCUT2D eigenvalue weighted by molar-refractivity contribution is 0.427. The van der Waals surface area contributed by atoms with Crippen LogP contribution in [0.4, 0.5) is 0 Å². The zero-order chi connectivity index (χ0) is 8.85. The van der Waals surface area contributed by atoms with Gasteiger partial charge in [-0.3, -0.25) is 0 Å². The topological polar surface area (TPSA) is 9.23 Å². The number of rotatable bonds is 1. The lowest BCUT2D eigenvalue weighted by Gasteiger charge is -1.90. The van der Waals surface area contributed by atoms with Crippen LogP contribution in [0.1, 0.15) is 18.7 Å². The fourth-order valence-electron chi connectivity index (χ4n) is 0.601. The van der Waals surface area contributed by atoms with E-state index in [0.717, 1.165) is 5.06 Å². The van der Waals surface area contributed by atoms with Crippen LogP contribution in [0, 0.1) is 6.92 Å². The summed E-state index contributed by atoms with van der Waals surface area (Å²) >= 11 is 7.29. The Bertz CT molecular complexity index is 208. The van der Waals surface area contributed by atoms with Crippen LogP contribution in [-0.2, 0) is 0 Å². The normalized spacial score (nSPS) is 8.45. The van der Waals surface area contributed by atoms with E-state index in [1.54, 1.807) is 18.4 Å². The third-order valence-corrected chi connectivity index (χ3v) is 2.37. The Morgan fingerprint density at radius 3 is 2.18 bits per heavy atom. The maximum absolute atomic E-state index is 5.73. The molecule has 0 fully saturated rings. The van der Waals surface area contributed by atoms with Gasteiger partial charge in [-0.05, 0) is 13.0 Å². The number of hydrogen-bond donors (Lipinski definition) is 0. The molecule has 1 nitrogen and oxygen atoms in total. The smallest absolute Gasteiger partial charge is 0.192 e. The molecule has 0 saturated carbocycles. The number of thiophene rings is 1. The molecule has 0 bridgehead atoms. The molecule has 1 heterocycles. The summed E-state index contributed by atoms with van der Waals surface area (Å²) in [7, 11) is 1.62. The molecule has 3 heteroatoms. The van der Waals surface area contributed by atoms with Crippen molar-refractivity contribution in [3.8, 4) is 5.06 Å². The molecule has 0 unspecified atom stereocenters. The first-order valence-corrected chi connectivity index (χ1v) is 4.73. The molecular formula is C8H13ClOS. The average molecular weight is 193 g/mol. The number of ether oxygens (including phenoxy) is 1. The van der Waals surface area contributed by atoms with Crippen LogP contribution in [0.3, 0.4) is 0 Å². The highest BCUT2D eigenvalue weighted by Crippen LogP contribution is 2.33. The van der Waals surface area contributed by atoms with Gasteiger partial charge >= 0.3 is 0 Å². The molecule has 0 aromatic carbocycles. The van der Waals surface area contributed by atoms with Gasteiger partial charge in [-0.1, -0.05) is 25.4 Å². The Kier molecular flexibility index (Phi) is 5.34. The van der Waals surface area contributed by atoms with Crippen molar-refractivity contribution in [3.63, 3.8) is 0 Å². The molecule has 0 aliphatic carbocycles. The molecule has 1 aromatic rings. The van der Waals surface area contributed by atoms with Gasteiger partial charge in [-0.25, -0.2) is 0 Å². The van der Waals surface area contributed by atoms with Crippen molar-refractivity contribution in [1.82, 2.24) is 0 Å². The standard InChI is InChI=1S/C6H7ClOS.C2H6/c1-4-3-5(7)6(8-2)9-4;1-2/h3H,1-2H3;1-2H3. The lowest BCUT2D eigenvalue weighted by Crippen LogP contribution is -1.75. The van der Waals surface area contributed by atoms with Gasteiger partial charge in [-0.15, -0.1) is 11.3 Å². The molecule has 0 saturated heterocycles. The van der Waals surface area contributed by atoms with E-state index < -0.39 is 0 Å². The highest BCUT2D eigenvalue weighted by molar-refractivity contribution is 7.14. The minimum atomic E-state index is 0.708. The second-order valence-electron chi connectivity index (χ2n) is 1.70. The van der Waals surface area contributed by atoms with Gasteiger partial charge in [0.15, 0.2) is 5.06 Å². The second-order valence-corrected chi connectivity index (χ2v) is 3.32. The molecule has 1 aromatic heterocycles. The molecule has 0 aliphatic heterocycles. The summed E-state index contributed by atoms with van der Waals surface area (Å²) in [5.41, 5.74) is 0. The number of methoxy groups -OCH3 is 1. The van der Waals surface area contributed by atoms with Gasteiger partial charge in [-0.2, -0.15) is 0 Å². The summed E-state index contributed by atoms with van der Waals surface area (Å²) in [5.74, 6) is 0. The molecule has 0 radical (unpaired) electrons. The van der Waals surface area contributed by atoms with E-state index in [-0.39, 0.29) is 0 Å². The minimum Gasteiger partial charge on any atom is -0.486 e. The molecule has 0 spiro atoms. The van der Waals surface area contributed by atoms with Crippen LogP contribution >= 0.6 is 22.9 Å². The summed E-state index contributed by atoms with van der Waals surface area (Å²) in [4.78, 5) is 1.18. The molecule has 1 rings (SSSR count). The van der Waals surface area contributed by atoms with Crippen LogP contribution in [-0.4, -0.2) is 7.11 Å². The first-order chi connectivity index (χ1) is 5.24. The summed E-state index contributed by atoms with van der Waals surface area (Å²) in [5, 5.41) is 1.51. The predicted octanol–water partition coefficient (Wildman–Crippen LogP) is 3.74. The van der Waals surface area contributed by atoms with E-state index in [0.29, 0.717) is 5.02 Å². The first kappa shape index (κ1) is 10.8. The van der Waals surface area contributed by atoms with Gasteiger partial charge in [0.1, 0.15) is 0 Å². The quantitative estimate of drug-likeness (QED) is 0.659. The highest BCUT2D eigenvalue weighted by atomic mass is 35.5. The number of halogens is 1. The van der Waals surface area contributed by atoms with E-state index >= 15 is 0 Å². The van der Waals surface area contributed by atoms with E-state index in [1.807, 2.05) is 26.8 Å². The van der Waals surface area contributed by atoms with Crippen molar-refractivity contribution < 1.29 is 4.74 Å². The Morgan fingerprint density at radius 1 is 1.45 bits per heavy atom. The monoisotopic (exact) mass is 192 g/mol. The summed E-state index contributed by atoms with van der Waals surface area (Å²) in [6.45, 7) is 6.00. The van der Waals surface area contributed by atoms with Crippen molar-refractivity contribution in [2.24, 2.45) is 0 Å². The van der Waals surface area contributed by atoms with Crippen LogP contribution < -0.4 is 4.74 Å². The number of hydrogen-bond acceptors (Lipinski definition) is 2. The van der Waals surface area contributed by atoms with Crippen LogP contribution in [0.5, 0.6) is 5.06 Å². The molecule has 0 N–H and O–H groups in total. The zero-order valence-corrected chi connectivity index (χ0v) is 8.84. The van der Waals surface area contributed by atoms with Crippen molar-refractivity contribution >= 4 is 22.9 Å². The third kappa shape index (κ3) is 3.12. The van der Waals surface area contributed by atoms with Crippen molar-refractivity contribution in [1.29, 1.82) is 0 Å². The largest absolute Gasteiger partial charge is 0.486 e. The highest BCUT2D eigenvalue weighted by Gasteiger charge is 2.02. The van der Waals surface area contributed by atoms with Crippen LogP contribution in [0.15, 0.2) is 6.07 Å². The van der Waals surface area contributed by atoms with E-state index in [2.05, 4.69) is 0 Å². The van der Waals surface area contributed by atoms with Crippen LogP contribution in [0.25, 0.3) is 0 Å². The van der Waals surface area contributed by atoms with Gasteiger partial charge in [0.2, 0.25) is 0 Å². The van der Waals surface area contributed by atoms with Crippen LogP contribution in [0.2, 0.25) is 5.02 Å². The van der Waals surface area contributed by atoms with Crippen molar-refractivity contribution in [2.45, 2.75) is 20.8 Å². The zero-order valence-electron chi connectivity index (χ0n) is 7.27. The first-order valence-electron chi connectivity index (χ1n) is 3.54. The molecule has 64 valence electrons. The lowest BCUT2D eigenvalue weighted by atomic mass is 10.5. The maximum atomic E-state index is 5.73. The Hall–Kier alpha value is -0.210. The van der Waals surface area contributed by atoms with Crippen molar-refractivity contribution in [3.05, 3.63) is 16.0 Å². The van der Waals surface area contributed by atoms with Gasteiger partial charge < -0.3 is 4.74 Å². The van der Waals surface area contributed by atoms with Crippen molar-refractivity contribution in [2.75, 3.05) is 7.11 Å². The minimum absolute atomic E-state index is 0.708. The molecular weight excluding hydrogens is 180 g/mol. The predicted molar refractivity (Wildman–Crippen MR) is 52.0 cm³/mol. The molecule has 0 aliphatic rings. The maximum Gasteiger partial charge on any atom is 0.192 e. The summed E-state index contributed by atoms with van der Waals surface area (Å²) < 4.78 is 4.95. The summed E-state index contributed by atoms with van der Waals surface area (Å²) in [6.07, 6.45) is 0. The number of aryl methyl sites for hydroxylation is 1. The Balaban J connectivity index is 0.000000461. The fourth-order valence-corrected chi connectivity index (χ4v) is 1.73. The molecule has 11 heavy (non-hydrogen) atoms. The van der Waals surface area contributed by atoms with E-state index in [4.69, 9.17) is 16.3 Å². The average Bonchev–Trinajstić information content (AvgIpc) is 2.33. The third-order valence-electron chi connectivity index (χ3n) is 0.964. The molecule has 0 amide bonds. The SMILES string of the molecule is CC.COc1sc(C)cc1Cl. The Morgan fingerprint density at radius 2 is 2.00 bits per heavy atom. The van der Waals surface area contributed by atoms with Gasteiger partial charge in [0.25, 0.3) is 0 Å². The second kappa shape index (κ2) is 5.44. The van der Waals surface area contributed by atoms with Gasteiger partial charge in [0.05, 0.1) is 12.1 Å². The van der Waals surface area contributed by atoms with Gasteiger partial charge in [0, 0.05) is 4.88 Å². The van der Waals surface area contributed by atoms with E-state index in [9.17, 15) is 0 Å².